The molecule has 0 bridgehead atoms. The third-order valence-corrected chi connectivity index (χ3v) is 3.30. The molecule has 1 N–H and O–H groups in total. The number of hydrogen-bond donors (Lipinski definition) is 1. The number of rotatable bonds is 8. The molecule has 0 atom stereocenters. The largest absolute Gasteiger partial charge is 0.493 e. The third kappa shape index (κ3) is 5.58. The summed E-state index contributed by atoms with van der Waals surface area (Å²) in [5.74, 6) is 1.59. The first kappa shape index (κ1) is 18.3. The average Bonchev–Trinajstić information content (AvgIpc) is 2.54. The van der Waals surface area contributed by atoms with Crippen molar-refractivity contribution in [1.29, 1.82) is 0 Å². The first-order valence-electron chi connectivity index (χ1n) is 7.38. The van der Waals surface area contributed by atoms with Gasteiger partial charge in [-0.1, -0.05) is 43.3 Å². The molecule has 3 nitrogen and oxygen atoms in total. The summed E-state index contributed by atoms with van der Waals surface area (Å²) in [6.07, 6.45) is 0.892. The van der Waals surface area contributed by atoms with Crippen LogP contribution in [0.1, 0.15) is 18.1 Å². The quantitative estimate of drug-likeness (QED) is 0.801. The van der Waals surface area contributed by atoms with Crippen LogP contribution in [0.3, 0.4) is 0 Å². The first-order chi connectivity index (χ1) is 10.3. The second kappa shape index (κ2) is 10.1. The predicted molar refractivity (Wildman–Crippen MR) is 93.3 cm³/mol. The van der Waals surface area contributed by atoms with E-state index in [1.54, 1.807) is 7.11 Å². The van der Waals surface area contributed by atoms with Gasteiger partial charge in [0, 0.05) is 13.0 Å². The van der Waals surface area contributed by atoms with Gasteiger partial charge in [0.2, 0.25) is 0 Å². The predicted octanol–water partition coefficient (Wildman–Crippen LogP) is 3.85. The Hall–Kier alpha value is -1.71. The summed E-state index contributed by atoms with van der Waals surface area (Å²) in [6, 6.07) is 16.4. The molecule has 22 heavy (non-hydrogen) atoms. The lowest BCUT2D eigenvalue weighted by Gasteiger charge is -2.12. The average molecular weight is 322 g/mol. The van der Waals surface area contributed by atoms with E-state index in [4.69, 9.17) is 9.47 Å². The van der Waals surface area contributed by atoms with Crippen molar-refractivity contribution in [2.75, 3.05) is 20.3 Å². The molecule has 2 aromatic carbocycles. The molecule has 0 spiro atoms. The smallest absolute Gasteiger partial charge is 0.161 e. The SMILES string of the molecule is CCNCc1ccc(OCCc2ccccc2)c(OC)c1.Cl. The summed E-state index contributed by atoms with van der Waals surface area (Å²) >= 11 is 0. The Labute approximate surface area is 139 Å². The van der Waals surface area contributed by atoms with Crippen molar-refractivity contribution < 1.29 is 9.47 Å². The molecule has 0 unspecified atom stereocenters. The van der Waals surface area contributed by atoms with Crippen LogP contribution in [-0.2, 0) is 13.0 Å². The normalized spacial score (nSPS) is 9.91. The van der Waals surface area contributed by atoms with E-state index in [9.17, 15) is 0 Å². The standard InChI is InChI=1S/C18H23NO2.ClH/c1-3-19-14-16-9-10-17(18(13-16)20-2)21-12-11-15-7-5-4-6-8-15;/h4-10,13,19H,3,11-12,14H2,1-2H3;1H. The van der Waals surface area contributed by atoms with Crippen molar-refractivity contribution in [3.8, 4) is 11.5 Å². The molecule has 2 aromatic rings. The summed E-state index contributed by atoms with van der Waals surface area (Å²) < 4.78 is 11.3. The Morgan fingerprint density at radius 2 is 1.73 bits per heavy atom. The minimum atomic E-state index is 0. The van der Waals surface area contributed by atoms with Gasteiger partial charge in [0.1, 0.15) is 0 Å². The van der Waals surface area contributed by atoms with Crippen molar-refractivity contribution >= 4 is 12.4 Å². The zero-order chi connectivity index (χ0) is 14.9. The maximum absolute atomic E-state index is 5.85. The molecule has 0 amide bonds. The second-order valence-corrected chi connectivity index (χ2v) is 4.85. The van der Waals surface area contributed by atoms with Crippen molar-refractivity contribution in [3.63, 3.8) is 0 Å². The number of halogens is 1. The monoisotopic (exact) mass is 321 g/mol. The van der Waals surface area contributed by atoms with E-state index in [0.717, 1.165) is 31.0 Å². The highest BCUT2D eigenvalue weighted by Gasteiger charge is 2.05. The first-order valence-corrected chi connectivity index (χ1v) is 7.38. The third-order valence-electron chi connectivity index (χ3n) is 3.30. The molecule has 0 aliphatic heterocycles. The number of nitrogens with one attached hydrogen (secondary N) is 1. The fraction of sp³-hybridized carbons (Fsp3) is 0.333. The van der Waals surface area contributed by atoms with Gasteiger partial charge in [0.25, 0.3) is 0 Å². The van der Waals surface area contributed by atoms with Crippen molar-refractivity contribution in [3.05, 3.63) is 59.7 Å². The lowest BCUT2D eigenvalue weighted by Crippen LogP contribution is -2.11. The molecule has 120 valence electrons. The van der Waals surface area contributed by atoms with E-state index in [2.05, 4.69) is 30.4 Å². The molecule has 2 rings (SSSR count). The highest BCUT2D eigenvalue weighted by atomic mass is 35.5. The van der Waals surface area contributed by atoms with Gasteiger partial charge in [-0.3, -0.25) is 0 Å². The van der Waals surface area contributed by atoms with E-state index in [-0.39, 0.29) is 12.4 Å². The summed E-state index contributed by atoms with van der Waals surface area (Å²) in [5, 5.41) is 3.30. The topological polar surface area (TPSA) is 30.5 Å². The molecule has 0 fully saturated rings. The molecule has 0 aromatic heterocycles. The highest BCUT2D eigenvalue weighted by Crippen LogP contribution is 2.28. The van der Waals surface area contributed by atoms with Crippen LogP contribution in [0.5, 0.6) is 11.5 Å². The van der Waals surface area contributed by atoms with Gasteiger partial charge in [-0.2, -0.15) is 0 Å². The van der Waals surface area contributed by atoms with Gasteiger partial charge in [0.05, 0.1) is 13.7 Å². The van der Waals surface area contributed by atoms with Crippen molar-refractivity contribution in [2.24, 2.45) is 0 Å². The van der Waals surface area contributed by atoms with Gasteiger partial charge in [-0.15, -0.1) is 12.4 Å². The maximum atomic E-state index is 5.85. The van der Waals surface area contributed by atoms with Crippen LogP contribution in [0.2, 0.25) is 0 Å². The van der Waals surface area contributed by atoms with Crippen molar-refractivity contribution in [2.45, 2.75) is 19.9 Å². The second-order valence-electron chi connectivity index (χ2n) is 4.85. The minimum Gasteiger partial charge on any atom is -0.493 e. The fourth-order valence-corrected chi connectivity index (χ4v) is 2.13. The van der Waals surface area contributed by atoms with Crippen LogP contribution in [0, 0.1) is 0 Å². The van der Waals surface area contributed by atoms with Crippen LogP contribution in [0.4, 0.5) is 0 Å². The van der Waals surface area contributed by atoms with Crippen LogP contribution >= 0.6 is 12.4 Å². The summed E-state index contributed by atoms with van der Waals surface area (Å²) in [5.41, 5.74) is 2.48. The molecule has 0 saturated heterocycles. The Bertz CT molecular complexity index is 546. The maximum Gasteiger partial charge on any atom is 0.161 e. The van der Waals surface area contributed by atoms with Crippen LogP contribution in [0.15, 0.2) is 48.5 Å². The van der Waals surface area contributed by atoms with Gasteiger partial charge in [-0.05, 0) is 29.8 Å². The molecular formula is C18H24ClNO2. The Kier molecular flexibility index (Phi) is 8.41. The summed E-state index contributed by atoms with van der Waals surface area (Å²) in [6.45, 7) is 4.54. The van der Waals surface area contributed by atoms with Crippen LogP contribution in [0.25, 0.3) is 0 Å². The Morgan fingerprint density at radius 3 is 2.41 bits per heavy atom. The number of hydrogen-bond acceptors (Lipinski definition) is 3. The number of benzene rings is 2. The van der Waals surface area contributed by atoms with E-state index in [1.165, 1.54) is 11.1 Å². The van der Waals surface area contributed by atoms with E-state index in [0.29, 0.717) is 6.61 Å². The van der Waals surface area contributed by atoms with Gasteiger partial charge in [0.15, 0.2) is 11.5 Å². The lowest BCUT2D eigenvalue weighted by molar-refractivity contribution is 0.297. The van der Waals surface area contributed by atoms with E-state index in [1.807, 2.05) is 30.3 Å². The van der Waals surface area contributed by atoms with Gasteiger partial charge >= 0.3 is 0 Å². The van der Waals surface area contributed by atoms with Crippen molar-refractivity contribution in [1.82, 2.24) is 5.32 Å². The molecular weight excluding hydrogens is 298 g/mol. The zero-order valence-corrected chi connectivity index (χ0v) is 14.0. The molecule has 0 radical (unpaired) electrons. The molecule has 0 saturated carbocycles. The van der Waals surface area contributed by atoms with Crippen LogP contribution < -0.4 is 14.8 Å². The molecule has 0 heterocycles. The fourth-order valence-electron chi connectivity index (χ4n) is 2.13. The molecule has 0 aliphatic carbocycles. The van der Waals surface area contributed by atoms with E-state index >= 15 is 0 Å². The summed E-state index contributed by atoms with van der Waals surface area (Å²) in [7, 11) is 1.68. The summed E-state index contributed by atoms with van der Waals surface area (Å²) in [4.78, 5) is 0. The highest BCUT2D eigenvalue weighted by molar-refractivity contribution is 5.85. The Balaban J connectivity index is 0.00000242. The van der Waals surface area contributed by atoms with Crippen LogP contribution in [-0.4, -0.2) is 20.3 Å². The van der Waals surface area contributed by atoms with E-state index < -0.39 is 0 Å². The molecule has 4 heteroatoms. The van der Waals surface area contributed by atoms with Gasteiger partial charge in [-0.25, -0.2) is 0 Å². The zero-order valence-electron chi connectivity index (χ0n) is 13.2. The number of methoxy groups -OCH3 is 1. The number of ether oxygens (including phenoxy) is 2. The Morgan fingerprint density at radius 1 is 0.955 bits per heavy atom. The van der Waals surface area contributed by atoms with Gasteiger partial charge < -0.3 is 14.8 Å². The molecule has 0 aliphatic rings. The lowest BCUT2D eigenvalue weighted by atomic mass is 10.1. The minimum absolute atomic E-state index is 0.